The summed E-state index contributed by atoms with van der Waals surface area (Å²) in [6.07, 6.45) is 4.32. The van der Waals surface area contributed by atoms with Gasteiger partial charge in [0.1, 0.15) is 0 Å². The van der Waals surface area contributed by atoms with Crippen molar-refractivity contribution in [3.05, 3.63) is 77.6 Å². The van der Waals surface area contributed by atoms with Gasteiger partial charge in [-0.2, -0.15) is 0 Å². The molecule has 2 aromatic carbocycles. The summed E-state index contributed by atoms with van der Waals surface area (Å²) in [6.45, 7) is 2.47. The Labute approximate surface area is 185 Å². The van der Waals surface area contributed by atoms with Crippen LogP contribution < -0.4 is 14.4 Å². The fourth-order valence-electron chi connectivity index (χ4n) is 3.49. The van der Waals surface area contributed by atoms with Gasteiger partial charge in [0.05, 0.1) is 36.5 Å². The van der Waals surface area contributed by atoms with Gasteiger partial charge in [0.25, 0.3) is 5.91 Å². The van der Waals surface area contributed by atoms with Crippen molar-refractivity contribution >= 4 is 32.6 Å². The van der Waals surface area contributed by atoms with Crippen molar-refractivity contribution in [2.75, 3.05) is 19.1 Å². The van der Waals surface area contributed by atoms with Gasteiger partial charge in [-0.15, -0.1) is 0 Å². The number of para-hydroxylation sites is 2. The number of benzene rings is 2. The molecule has 0 saturated heterocycles. The highest BCUT2D eigenvalue weighted by atomic mass is 32.1. The maximum Gasteiger partial charge on any atom is 0.264 e. The number of methoxy groups -OCH3 is 2. The van der Waals surface area contributed by atoms with Crippen LogP contribution >= 0.6 is 11.3 Å². The number of ether oxygens (including phenoxy) is 2. The molecule has 2 heterocycles. The molecule has 6 nitrogen and oxygen atoms in total. The van der Waals surface area contributed by atoms with E-state index >= 15 is 0 Å². The van der Waals surface area contributed by atoms with Crippen LogP contribution in [0.5, 0.6) is 11.5 Å². The molecule has 0 saturated carbocycles. The third kappa shape index (κ3) is 4.09. The van der Waals surface area contributed by atoms with E-state index in [1.165, 1.54) is 18.4 Å². The number of anilines is 1. The van der Waals surface area contributed by atoms with Crippen molar-refractivity contribution in [2.45, 2.75) is 19.9 Å². The van der Waals surface area contributed by atoms with Gasteiger partial charge in [-0.05, 0) is 47.9 Å². The van der Waals surface area contributed by atoms with Crippen LogP contribution in [0.15, 0.2) is 60.9 Å². The van der Waals surface area contributed by atoms with Crippen LogP contribution in [0.1, 0.15) is 28.4 Å². The highest BCUT2D eigenvalue weighted by Gasteiger charge is 2.26. The van der Waals surface area contributed by atoms with Gasteiger partial charge in [0, 0.05) is 12.4 Å². The first-order valence-electron chi connectivity index (χ1n) is 9.96. The number of hydrogen-bond donors (Lipinski definition) is 0. The predicted molar refractivity (Wildman–Crippen MR) is 123 cm³/mol. The summed E-state index contributed by atoms with van der Waals surface area (Å²) in [6, 6.07) is 15.2. The zero-order valence-corrected chi connectivity index (χ0v) is 18.5. The molecular weight excluding hydrogens is 410 g/mol. The summed E-state index contributed by atoms with van der Waals surface area (Å²) in [7, 11) is 3.09. The molecule has 4 rings (SSSR count). The average molecular weight is 434 g/mol. The molecule has 0 atom stereocenters. The molecule has 0 aliphatic rings. The van der Waals surface area contributed by atoms with Crippen molar-refractivity contribution < 1.29 is 14.3 Å². The highest BCUT2D eigenvalue weighted by molar-refractivity contribution is 7.22. The Morgan fingerprint density at radius 3 is 2.52 bits per heavy atom. The molecule has 0 aliphatic carbocycles. The van der Waals surface area contributed by atoms with E-state index < -0.39 is 0 Å². The van der Waals surface area contributed by atoms with Crippen LogP contribution in [-0.2, 0) is 13.0 Å². The van der Waals surface area contributed by atoms with Crippen LogP contribution in [0.2, 0.25) is 0 Å². The summed E-state index contributed by atoms with van der Waals surface area (Å²) in [5.41, 5.74) is 3.48. The Kier molecular flexibility index (Phi) is 6.13. The van der Waals surface area contributed by atoms with Crippen LogP contribution in [0.3, 0.4) is 0 Å². The quantitative estimate of drug-likeness (QED) is 0.405. The number of rotatable bonds is 7. The van der Waals surface area contributed by atoms with Gasteiger partial charge in [-0.25, -0.2) is 4.98 Å². The molecule has 1 amide bonds. The van der Waals surface area contributed by atoms with Crippen molar-refractivity contribution in [3.63, 3.8) is 0 Å². The summed E-state index contributed by atoms with van der Waals surface area (Å²) < 4.78 is 12.0. The Morgan fingerprint density at radius 2 is 1.81 bits per heavy atom. The van der Waals surface area contributed by atoms with Crippen molar-refractivity contribution in [1.82, 2.24) is 9.97 Å². The number of carbonyl (C=O) groups is 1. The van der Waals surface area contributed by atoms with E-state index in [4.69, 9.17) is 14.5 Å². The minimum atomic E-state index is -0.204. The number of thiazole rings is 1. The van der Waals surface area contributed by atoms with E-state index in [-0.39, 0.29) is 5.91 Å². The molecular formula is C24H23N3O3S. The smallest absolute Gasteiger partial charge is 0.264 e. The second-order valence-corrected chi connectivity index (χ2v) is 7.91. The predicted octanol–water partition coefficient (Wildman–Crippen LogP) is 5.12. The molecule has 0 unspecified atom stereocenters. The Hall–Kier alpha value is -3.45. The zero-order chi connectivity index (χ0) is 21.8. The molecule has 31 heavy (non-hydrogen) atoms. The third-order valence-electron chi connectivity index (χ3n) is 5.07. The molecule has 0 bridgehead atoms. The zero-order valence-electron chi connectivity index (χ0n) is 17.7. The molecule has 0 aliphatic heterocycles. The second-order valence-electron chi connectivity index (χ2n) is 6.90. The van der Waals surface area contributed by atoms with Gasteiger partial charge in [-0.1, -0.05) is 36.5 Å². The number of carbonyl (C=O) groups excluding carboxylic acids is 1. The molecule has 7 heteroatoms. The first-order chi connectivity index (χ1) is 15.2. The van der Waals surface area contributed by atoms with Crippen LogP contribution in [0.4, 0.5) is 5.13 Å². The molecule has 4 aromatic rings. The Morgan fingerprint density at radius 1 is 1.03 bits per heavy atom. The van der Waals surface area contributed by atoms with Crippen molar-refractivity contribution in [1.29, 1.82) is 0 Å². The third-order valence-corrected chi connectivity index (χ3v) is 6.12. The number of amides is 1. The fourth-order valence-corrected chi connectivity index (χ4v) is 4.50. The molecule has 0 spiro atoms. The largest absolute Gasteiger partial charge is 0.493 e. The second kappa shape index (κ2) is 9.14. The van der Waals surface area contributed by atoms with Crippen LogP contribution in [0, 0.1) is 0 Å². The first kappa shape index (κ1) is 20.8. The van der Waals surface area contributed by atoms with Crippen molar-refractivity contribution in [3.8, 4) is 11.5 Å². The lowest BCUT2D eigenvalue weighted by Gasteiger charge is -2.22. The number of hydrogen-bond acceptors (Lipinski definition) is 6. The lowest BCUT2D eigenvalue weighted by molar-refractivity contribution is 0.0981. The summed E-state index contributed by atoms with van der Waals surface area (Å²) in [5, 5.41) is 0.641. The maximum atomic E-state index is 13.8. The number of aromatic nitrogens is 2. The summed E-state index contributed by atoms with van der Waals surface area (Å²) in [4.78, 5) is 24.4. The van der Waals surface area contributed by atoms with Crippen molar-refractivity contribution in [2.24, 2.45) is 0 Å². The molecule has 0 fully saturated rings. The monoisotopic (exact) mass is 433 g/mol. The molecule has 158 valence electrons. The number of fused-ring (bicyclic) bond motifs is 1. The Bertz CT molecular complexity index is 1210. The number of aryl methyl sites for hydroxylation is 1. The topological polar surface area (TPSA) is 64.6 Å². The maximum absolute atomic E-state index is 13.8. The number of pyridine rings is 1. The van der Waals surface area contributed by atoms with Gasteiger partial charge in [0.15, 0.2) is 16.6 Å². The standard InChI is InChI=1S/C24H23N3O3S/c1-4-17-7-5-10-20-21(17)26-24(31-20)27(15-16-11-13-25-14-12-16)23(28)18-8-6-9-19(29-2)22(18)30-3/h5-14H,4,15H2,1-3H3. The first-order valence-corrected chi connectivity index (χ1v) is 10.8. The van der Waals surface area contributed by atoms with Crippen LogP contribution in [0.25, 0.3) is 10.2 Å². The normalized spacial score (nSPS) is 10.8. The summed E-state index contributed by atoms with van der Waals surface area (Å²) >= 11 is 1.51. The minimum absolute atomic E-state index is 0.204. The van der Waals surface area contributed by atoms with E-state index in [0.717, 1.165) is 27.8 Å². The summed E-state index contributed by atoms with van der Waals surface area (Å²) in [5.74, 6) is 0.713. The molecule has 2 aromatic heterocycles. The van der Waals surface area contributed by atoms with Gasteiger partial charge < -0.3 is 9.47 Å². The molecule has 0 radical (unpaired) electrons. The van der Waals surface area contributed by atoms with E-state index in [1.807, 2.05) is 24.3 Å². The van der Waals surface area contributed by atoms with E-state index in [0.29, 0.717) is 28.7 Å². The highest BCUT2D eigenvalue weighted by Crippen LogP contribution is 2.36. The van der Waals surface area contributed by atoms with Gasteiger partial charge in [-0.3, -0.25) is 14.7 Å². The van der Waals surface area contributed by atoms with E-state index in [9.17, 15) is 4.79 Å². The SMILES string of the molecule is CCc1cccc2sc(N(Cc3ccncc3)C(=O)c3cccc(OC)c3OC)nc12. The van der Waals surface area contributed by atoms with Gasteiger partial charge >= 0.3 is 0 Å². The Balaban J connectivity index is 1.83. The average Bonchev–Trinajstić information content (AvgIpc) is 3.26. The lowest BCUT2D eigenvalue weighted by Crippen LogP contribution is -2.30. The minimum Gasteiger partial charge on any atom is -0.493 e. The number of nitrogens with zero attached hydrogens (tertiary/aromatic N) is 3. The fraction of sp³-hybridized carbons (Fsp3) is 0.208. The van der Waals surface area contributed by atoms with E-state index in [2.05, 4.69) is 18.0 Å². The van der Waals surface area contributed by atoms with Gasteiger partial charge in [0.2, 0.25) is 0 Å². The molecule has 0 N–H and O–H groups in total. The lowest BCUT2D eigenvalue weighted by atomic mass is 10.1. The van der Waals surface area contributed by atoms with E-state index in [1.54, 1.807) is 42.6 Å². The van der Waals surface area contributed by atoms with Crippen LogP contribution in [-0.4, -0.2) is 30.1 Å².